The van der Waals surface area contributed by atoms with Crippen LogP contribution in [0.4, 0.5) is 26.3 Å². The van der Waals surface area contributed by atoms with Gasteiger partial charge in [0.05, 0.1) is 0 Å². The van der Waals surface area contributed by atoms with Gasteiger partial charge in [-0.15, -0.1) is 0 Å². The molecule has 0 radical (unpaired) electrons. The van der Waals surface area contributed by atoms with Crippen molar-refractivity contribution in [1.82, 2.24) is 4.90 Å². The third-order valence-electron chi connectivity index (χ3n) is 2.57. The first-order chi connectivity index (χ1) is 8.57. The molecule has 1 amide bonds. The summed E-state index contributed by atoms with van der Waals surface area (Å²) < 4.78 is 74.5. The minimum absolute atomic E-state index is 0.252. The van der Waals surface area contributed by atoms with E-state index < -0.39 is 43.2 Å². The number of carbonyl (C=O) groups excluding carboxylic acids is 1. The zero-order valence-electron chi connectivity index (χ0n) is 9.24. The molecule has 1 rings (SSSR count). The second-order valence-corrected chi connectivity index (χ2v) is 4.02. The summed E-state index contributed by atoms with van der Waals surface area (Å²) in [6.07, 6.45) is -11.7. The number of hydrogen-bond donors (Lipinski definition) is 0. The van der Waals surface area contributed by atoms with Gasteiger partial charge in [-0.05, 0) is 11.4 Å². The third-order valence-corrected chi connectivity index (χ3v) is 2.57. The second kappa shape index (κ2) is 5.16. The molecular weight excluding hydrogens is 282 g/mol. The first kappa shape index (κ1) is 15.4. The molecule has 0 bridgehead atoms. The molecule has 0 aromatic rings. The number of likely N-dealkylation sites (tertiary alicyclic amines) is 1. The highest BCUT2D eigenvalue weighted by Crippen LogP contribution is 2.39. The molecule has 1 heterocycles. The van der Waals surface area contributed by atoms with Gasteiger partial charge in [0.25, 0.3) is 0 Å². The summed E-state index contributed by atoms with van der Waals surface area (Å²) in [6, 6.07) is -3.82. The molecule has 11 heteroatoms. The smallest absolute Gasteiger partial charge is 0.323 e. The van der Waals surface area contributed by atoms with Gasteiger partial charge in [0, 0.05) is 24.4 Å². The maximum absolute atomic E-state index is 12.4. The Labute approximate surface area is 102 Å². The summed E-state index contributed by atoms with van der Waals surface area (Å²) >= 11 is 0. The van der Waals surface area contributed by atoms with Crippen LogP contribution in [0.3, 0.4) is 0 Å². The van der Waals surface area contributed by atoms with Crippen LogP contribution >= 0.6 is 0 Å². The molecule has 5 nitrogen and oxygen atoms in total. The minimum Gasteiger partial charge on any atom is -0.323 e. The standard InChI is InChI=1S/C8H8F6N4O/c9-7(10,11)6(8(12,13)14)18-3-4(1-5(18)19)2-16-17-15/h4,6H,1-3H2. The van der Waals surface area contributed by atoms with E-state index in [0.717, 1.165) is 0 Å². The van der Waals surface area contributed by atoms with Crippen LogP contribution in [0.1, 0.15) is 6.42 Å². The predicted octanol–water partition coefficient (Wildman–Crippen LogP) is 2.64. The molecule has 1 saturated heterocycles. The molecule has 1 aliphatic rings. The number of halogens is 6. The van der Waals surface area contributed by atoms with E-state index in [4.69, 9.17) is 5.53 Å². The normalized spacial score (nSPS) is 20.9. The highest BCUT2D eigenvalue weighted by molar-refractivity contribution is 5.79. The van der Waals surface area contributed by atoms with Crippen molar-refractivity contribution >= 4 is 5.91 Å². The number of rotatable bonds is 3. The van der Waals surface area contributed by atoms with Gasteiger partial charge < -0.3 is 4.90 Å². The van der Waals surface area contributed by atoms with Gasteiger partial charge in [-0.3, -0.25) is 4.79 Å². The van der Waals surface area contributed by atoms with Crippen molar-refractivity contribution in [1.29, 1.82) is 0 Å². The van der Waals surface area contributed by atoms with E-state index in [1.807, 2.05) is 0 Å². The van der Waals surface area contributed by atoms with E-state index in [2.05, 4.69) is 10.0 Å². The summed E-state index contributed by atoms with van der Waals surface area (Å²) in [5, 5.41) is 3.05. The lowest BCUT2D eigenvalue weighted by Gasteiger charge is -2.31. The maximum atomic E-state index is 12.4. The maximum Gasteiger partial charge on any atom is 0.417 e. The number of carbonyl (C=O) groups is 1. The van der Waals surface area contributed by atoms with Gasteiger partial charge >= 0.3 is 12.4 Å². The van der Waals surface area contributed by atoms with E-state index in [-0.39, 0.29) is 11.4 Å². The van der Waals surface area contributed by atoms with Crippen LogP contribution in [0.2, 0.25) is 0 Å². The lowest BCUT2D eigenvalue weighted by molar-refractivity contribution is -0.282. The monoisotopic (exact) mass is 290 g/mol. The second-order valence-electron chi connectivity index (χ2n) is 4.02. The quantitative estimate of drug-likeness (QED) is 0.341. The molecule has 108 valence electrons. The molecule has 0 spiro atoms. The Bertz CT molecular complexity index is 385. The Morgan fingerprint density at radius 3 is 2.26 bits per heavy atom. The van der Waals surface area contributed by atoms with Crippen LogP contribution in [-0.4, -0.2) is 42.3 Å². The number of amides is 1. The Morgan fingerprint density at radius 2 is 1.84 bits per heavy atom. The first-order valence-electron chi connectivity index (χ1n) is 5.01. The fourth-order valence-corrected chi connectivity index (χ4v) is 1.87. The third kappa shape index (κ3) is 3.66. The average Bonchev–Trinajstić information content (AvgIpc) is 2.52. The van der Waals surface area contributed by atoms with Crippen LogP contribution in [-0.2, 0) is 4.79 Å². The molecular formula is C8H8F6N4O. The molecule has 0 aromatic heterocycles. The Kier molecular flexibility index (Phi) is 4.18. The Hall–Kier alpha value is -1.64. The van der Waals surface area contributed by atoms with Crippen molar-refractivity contribution in [2.45, 2.75) is 24.8 Å². The van der Waals surface area contributed by atoms with E-state index in [1.54, 1.807) is 0 Å². The van der Waals surface area contributed by atoms with Crippen molar-refractivity contribution in [3.8, 4) is 0 Å². The van der Waals surface area contributed by atoms with Crippen LogP contribution in [0.25, 0.3) is 10.4 Å². The van der Waals surface area contributed by atoms with Gasteiger partial charge in [-0.1, -0.05) is 5.11 Å². The van der Waals surface area contributed by atoms with Crippen molar-refractivity contribution < 1.29 is 31.1 Å². The summed E-state index contributed by atoms with van der Waals surface area (Å²) in [7, 11) is 0. The zero-order chi connectivity index (χ0) is 14.8. The Balaban J connectivity index is 2.93. The van der Waals surface area contributed by atoms with E-state index in [1.165, 1.54) is 0 Å². The summed E-state index contributed by atoms with van der Waals surface area (Å²) in [4.78, 5) is 13.4. The van der Waals surface area contributed by atoms with Crippen LogP contribution < -0.4 is 0 Å². The van der Waals surface area contributed by atoms with Crippen LogP contribution in [0.15, 0.2) is 5.11 Å². The van der Waals surface area contributed by atoms with Crippen molar-refractivity contribution in [2.75, 3.05) is 13.1 Å². The van der Waals surface area contributed by atoms with Gasteiger partial charge in [0.2, 0.25) is 11.9 Å². The summed E-state index contributed by atoms with van der Waals surface area (Å²) in [5.41, 5.74) is 8.03. The topological polar surface area (TPSA) is 69.1 Å². The summed E-state index contributed by atoms with van der Waals surface area (Å²) in [5.74, 6) is -2.09. The van der Waals surface area contributed by atoms with E-state index in [0.29, 0.717) is 0 Å². The molecule has 0 aliphatic carbocycles. The Morgan fingerprint density at radius 1 is 1.32 bits per heavy atom. The molecule has 1 aliphatic heterocycles. The van der Waals surface area contributed by atoms with Crippen molar-refractivity contribution in [3.05, 3.63) is 10.4 Å². The van der Waals surface area contributed by atoms with Gasteiger partial charge in [-0.25, -0.2) is 0 Å². The first-order valence-corrected chi connectivity index (χ1v) is 5.01. The fourth-order valence-electron chi connectivity index (χ4n) is 1.87. The predicted molar refractivity (Wildman–Crippen MR) is 49.7 cm³/mol. The molecule has 0 aromatic carbocycles. The van der Waals surface area contributed by atoms with Gasteiger partial charge in [-0.2, -0.15) is 26.3 Å². The van der Waals surface area contributed by atoms with Crippen molar-refractivity contribution in [2.24, 2.45) is 11.0 Å². The highest BCUT2D eigenvalue weighted by Gasteiger charge is 2.62. The number of nitrogens with zero attached hydrogens (tertiary/aromatic N) is 4. The fraction of sp³-hybridized carbons (Fsp3) is 0.875. The number of alkyl halides is 6. The average molecular weight is 290 g/mol. The minimum atomic E-state index is -5.60. The molecule has 19 heavy (non-hydrogen) atoms. The van der Waals surface area contributed by atoms with Crippen molar-refractivity contribution in [3.63, 3.8) is 0 Å². The lowest BCUT2D eigenvalue weighted by atomic mass is 10.1. The van der Waals surface area contributed by atoms with E-state index in [9.17, 15) is 31.1 Å². The highest BCUT2D eigenvalue weighted by atomic mass is 19.4. The van der Waals surface area contributed by atoms with Crippen LogP contribution in [0.5, 0.6) is 0 Å². The van der Waals surface area contributed by atoms with E-state index >= 15 is 0 Å². The van der Waals surface area contributed by atoms with Crippen LogP contribution in [0, 0.1) is 5.92 Å². The molecule has 1 fully saturated rings. The molecule has 0 saturated carbocycles. The van der Waals surface area contributed by atoms with Gasteiger partial charge in [0.15, 0.2) is 0 Å². The molecule has 0 N–H and O–H groups in total. The lowest BCUT2D eigenvalue weighted by Crippen LogP contribution is -2.55. The number of azide groups is 1. The molecule has 1 unspecified atom stereocenters. The largest absolute Gasteiger partial charge is 0.417 e. The zero-order valence-corrected chi connectivity index (χ0v) is 9.24. The molecule has 1 atom stereocenters. The van der Waals surface area contributed by atoms with Gasteiger partial charge in [0.1, 0.15) is 0 Å². The summed E-state index contributed by atoms with van der Waals surface area (Å²) in [6.45, 7) is -1.05. The SMILES string of the molecule is [N-]=[N+]=NCC1CC(=O)N(C(C(F)(F)F)C(F)(F)F)C1. The number of hydrogen-bond acceptors (Lipinski definition) is 2.